The number of guanidine groups is 1. The van der Waals surface area contributed by atoms with Crippen molar-refractivity contribution >= 4 is 35.8 Å². The van der Waals surface area contributed by atoms with Crippen molar-refractivity contribution in [2.45, 2.75) is 19.6 Å². The maximum Gasteiger partial charge on any atom is 0.188 e. The first-order chi connectivity index (χ1) is 10.7. The molecule has 0 saturated carbocycles. The number of ether oxygens (including phenoxy) is 2. The minimum absolute atomic E-state index is 0. The zero-order valence-electron chi connectivity index (χ0n) is 13.7. The zero-order valence-corrected chi connectivity index (χ0v) is 16.0. The molecule has 1 aliphatic heterocycles. The number of nitrogens with one attached hydrogen (secondary N) is 1. The van der Waals surface area contributed by atoms with Crippen molar-refractivity contribution in [2.75, 3.05) is 44.9 Å². The van der Waals surface area contributed by atoms with Crippen molar-refractivity contribution < 1.29 is 9.47 Å². The predicted molar refractivity (Wildman–Crippen MR) is 102 cm³/mol. The molecule has 130 valence electrons. The highest BCUT2D eigenvalue weighted by atomic mass is 127. The first-order valence-electron chi connectivity index (χ1n) is 7.53. The first-order valence-corrected chi connectivity index (χ1v) is 7.53. The van der Waals surface area contributed by atoms with Gasteiger partial charge in [0.25, 0.3) is 0 Å². The Hall–Kier alpha value is -1.13. The van der Waals surface area contributed by atoms with Gasteiger partial charge in [0.15, 0.2) is 5.96 Å². The Kier molecular flexibility index (Phi) is 9.19. The van der Waals surface area contributed by atoms with Crippen LogP contribution in [0.1, 0.15) is 12.5 Å². The van der Waals surface area contributed by atoms with E-state index >= 15 is 0 Å². The second-order valence-electron chi connectivity index (χ2n) is 5.27. The van der Waals surface area contributed by atoms with Crippen molar-refractivity contribution in [1.82, 2.24) is 10.3 Å². The molecule has 2 rings (SSSR count). The molecule has 0 spiro atoms. The van der Waals surface area contributed by atoms with E-state index in [0.29, 0.717) is 25.7 Å². The van der Waals surface area contributed by atoms with Gasteiger partial charge in [0, 0.05) is 32.9 Å². The fourth-order valence-corrected chi connectivity index (χ4v) is 2.24. The number of nitrogens with zero attached hydrogens (tertiary/aromatic N) is 3. The Labute approximate surface area is 154 Å². The van der Waals surface area contributed by atoms with Gasteiger partial charge in [-0.05, 0) is 18.6 Å². The van der Waals surface area contributed by atoms with E-state index in [0.717, 1.165) is 31.1 Å². The highest BCUT2D eigenvalue weighted by Gasteiger charge is 2.17. The molecule has 1 aromatic heterocycles. The van der Waals surface area contributed by atoms with Gasteiger partial charge in [0.1, 0.15) is 5.82 Å². The number of halogens is 1. The van der Waals surface area contributed by atoms with Crippen LogP contribution in [-0.4, -0.2) is 57.0 Å². The highest BCUT2D eigenvalue weighted by molar-refractivity contribution is 14.0. The summed E-state index contributed by atoms with van der Waals surface area (Å²) >= 11 is 0. The monoisotopic (exact) mass is 435 g/mol. The van der Waals surface area contributed by atoms with E-state index in [1.165, 1.54) is 0 Å². The topological polar surface area (TPSA) is 85.0 Å². The number of aromatic nitrogens is 1. The number of nitrogens with two attached hydrogens (primary N) is 1. The molecule has 1 fully saturated rings. The minimum Gasteiger partial charge on any atom is -0.383 e. The fourth-order valence-electron chi connectivity index (χ4n) is 2.24. The molecule has 0 amide bonds. The van der Waals surface area contributed by atoms with Crippen molar-refractivity contribution in [3.05, 3.63) is 23.9 Å². The summed E-state index contributed by atoms with van der Waals surface area (Å²) in [7, 11) is 1.65. The molecule has 7 nitrogen and oxygen atoms in total. The van der Waals surface area contributed by atoms with Crippen LogP contribution in [0, 0.1) is 0 Å². The third-order valence-corrected chi connectivity index (χ3v) is 3.42. The summed E-state index contributed by atoms with van der Waals surface area (Å²) in [6.07, 6.45) is 2.10. The lowest BCUT2D eigenvalue weighted by atomic mass is 10.2. The Balaban J connectivity index is 0.00000264. The van der Waals surface area contributed by atoms with Crippen LogP contribution >= 0.6 is 24.0 Å². The largest absolute Gasteiger partial charge is 0.383 e. The van der Waals surface area contributed by atoms with Crippen molar-refractivity contribution in [3.63, 3.8) is 0 Å². The van der Waals surface area contributed by atoms with Crippen molar-refractivity contribution in [1.29, 1.82) is 0 Å². The number of hydrogen-bond acceptors (Lipinski definition) is 5. The maximum atomic E-state index is 5.77. The van der Waals surface area contributed by atoms with Gasteiger partial charge in [0.05, 0.1) is 25.9 Å². The van der Waals surface area contributed by atoms with E-state index in [4.69, 9.17) is 15.2 Å². The third-order valence-electron chi connectivity index (χ3n) is 3.42. The molecule has 1 atom stereocenters. The minimum atomic E-state index is 0. The van der Waals surface area contributed by atoms with Crippen LogP contribution in [0.4, 0.5) is 5.82 Å². The molecule has 0 radical (unpaired) electrons. The van der Waals surface area contributed by atoms with Gasteiger partial charge in [-0.3, -0.25) is 0 Å². The van der Waals surface area contributed by atoms with Crippen LogP contribution in [-0.2, 0) is 16.0 Å². The Morgan fingerprint density at radius 1 is 1.57 bits per heavy atom. The number of morpholine rings is 1. The van der Waals surface area contributed by atoms with E-state index in [-0.39, 0.29) is 30.1 Å². The molecule has 3 N–H and O–H groups in total. The smallest absolute Gasteiger partial charge is 0.188 e. The number of pyridine rings is 1. The Morgan fingerprint density at radius 3 is 3.04 bits per heavy atom. The number of rotatable bonds is 6. The molecule has 8 heteroatoms. The molecule has 1 unspecified atom stereocenters. The summed E-state index contributed by atoms with van der Waals surface area (Å²) in [5.74, 6) is 1.40. The summed E-state index contributed by atoms with van der Waals surface area (Å²) in [5, 5.41) is 2.98. The molecule has 2 heterocycles. The first kappa shape index (κ1) is 19.9. The average Bonchev–Trinajstić information content (AvgIpc) is 2.54. The standard InChI is InChI=1S/C15H25N5O2.HI/c1-12-11-20(6-8-22-12)14-4-3-13(9-18-14)10-19-15(16)17-5-7-21-2;/h3-4,9,12H,5-8,10-11H2,1-2H3,(H3,16,17,19);1H. The van der Waals surface area contributed by atoms with Crippen LogP contribution in [0.3, 0.4) is 0 Å². The van der Waals surface area contributed by atoms with Gasteiger partial charge in [-0.2, -0.15) is 0 Å². The second kappa shape index (κ2) is 10.6. The van der Waals surface area contributed by atoms with Crippen LogP contribution in [0.25, 0.3) is 0 Å². The molecule has 0 aromatic carbocycles. The lowest BCUT2D eigenvalue weighted by Gasteiger charge is -2.32. The molecular formula is C15H26IN5O2. The molecule has 1 saturated heterocycles. The van der Waals surface area contributed by atoms with E-state index in [1.807, 2.05) is 18.3 Å². The van der Waals surface area contributed by atoms with Gasteiger partial charge in [-0.1, -0.05) is 6.07 Å². The number of methoxy groups -OCH3 is 1. The van der Waals surface area contributed by atoms with Gasteiger partial charge in [-0.25, -0.2) is 9.98 Å². The number of hydrogen-bond donors (Lipinski definition) is 2. The molecular weight excluding hydrogens is 409 g/mol. The summed E-state index contributed by atoms with van der Waals surface area (Å²) < 4.78 is 10.5. The molecule has 23 heavy (non-hydrogen) atoms. The molecule has 0 aliphatic carbocycles. The lowest BCUT2D eigenvalue weighted by Crippen LogP contribution is -2.41. The van der Waals surface area contributed by atoms with Crippen molar-refractivity contribution in [2.24, 2.45) is 10.7 Å². The van der Waals surface area contributed by atoms with Gasteiger partial charge >= 0.3 is 0 Å². The van der Waals surface area contributed by atoms with Gasteiger partial charge in [-0.15, -0.1) is 24.0 Å². The molecule has 1 aromatic rings. The normalized spacial score (nSPS) is 18.4. The van der Waals surface area contributed by atoms with Crippen LogP contribution in [0.2, 0.25) is 0 Å². The fraction of sp³-hybridized carbons (Fsp3) is 0.600. The Morgan fingerprint density at radius 2 is 2.39 bits per heavy atom. The SMILES string of the molecule is COCCNC(N)=NCc1ccc(N2CCOC(C)C2)nc1.I. The maximum absolute atomic E-state index is 5.77. The summed E-state index contributed by atoms with van der Waals surface area (Å²) in [5.41, 5.74) is 6.79. The summed E-state index contributed by atoms with van der Waals surface area (Å²) in [6.45, 7) is 6.35. The van der Waals surface area contributed by atoms with E-state index < -0.39 is 0 Å². The van der Waals surface area contributed by atoms with E-state index in [1.54, 1.807) is 7.11 Å². The highest BCUT2D eigenvalue weighted by Crippen LogP contribution is 2.15. The quantitative estimate of drug-likeness (QED) is 0.300. The average molecular weight is 435 g/mol. The van der Waals surface area contributed by atoms with Crippen LogP contribution in [0.5, 0.6) is 0 Å². The second-order valence-corrected chi connectivity index (χ2v) is 5.27. The number of anilines is 1. The van der Waals surface area contributed by atoms with E-state index in [2.05, 4.69) is 27.1 Å². The number of aliphatic imine (C=N–C) groups is 1. The van der Waals surface area contributed by atoms with Crippen molar-refractivity contribution in [3.8, 4) is 0 Å². The Bertz CT molecular complexity index is 483. The van der Waals surface area contributed by atoms with Crippen LogP contribution < -0.4 is 16.0 Å². The molecule has 1 aliphatic rings. The van der Waals surface area contributed by atoms with Gasteiger partial charge < -0.3 is 25.4 Å². The third kappa shape index (κ3) is 6.88. The predicted octanol–water partition coefficient (Wildman–Crippen LogP) is 0.975. The summed E-state index contributed by atoms with van der Waals surface area (Å²) in [4.78, 5) is 11.0. The van der Waals surface area contributed by atoms with E-state index in [9.17, 15) is 0 Å². The van der Waals surface area contributed by atoms with Crippen LogP contribution in [0.15, 0.2) is 23.3 Å². The summed E-state index contributed by atoms with van der Waals surface area (Å²) in [6, 6.07) is 4.06. The van der Waals surface area contributed by atoms with Gasteiger partial charge in [0.2, 0.25) is 0 Å². The zero-order chi connectivity index (χ0) is 15.8. The lowest BCUT2D eigenvalue weighted by molar-refractivity contribution is 0.0529. The molecule has 0 bridgehead atoms.